The number of amides is 1. The fourth-order valence-electron chi connectivity index (χ4n) is 7.39. The number of nitrogens with zero attached hydrogens (tertiary/aromatic N) is 8. The summed E-state index contributed by atoms with van der Waals surface area (Å²) < 4.78 is 49.8. The van der Waals surface area contributed by atoms with E-state index in [1.54, 1.807) is 22.6 Å². The first-order valence-electron chi connectivity index (χ1n) is 17.6. The molecule has 1 saturated heterocycles. The highest BCUT2D eigenvalue weighted by atomic mass is 35.5. The summed E-state index contributed by atoms with van der Waals surface area (Å²) in [6, 6.07) is 2.81. The van der Waals surface area contributed by atoms with Gasteiger partial charge in [-0.15, -0.1) is 5.10 Å². The van der Waals surface area contributed by atoms with Crippen LogP contribution in [0.25, 0.3) is 11.4 Å². The predicted molar refractivity (Wildman–Crippen MR) is 190 cm³/mol. The van der Waals surface area contributed by atoms with Gasteiger partial charge >= 0.3 is 6.18 Å². The maximum absolute atomic E-state index is 14.4. The van der Waals surface area contributed by atoms with Crippen molar-refractivity contribution in [2.45, 2.75) is 89.7 Å². The van der Waals surface area contributed by atoms with Crippen molar-refractivity contribution in [1.29, 1.82) is 0 Å². The van der Waals surface area contributed by atoms with Crippen molar-refractivity contribution in [3.63, 3.8) is 0 Å². The van der Waals surface area contributed by atoms with Crippen molar-refractivity contribution in [3.05, 3.63) is 62.9 Å². The van der Waals surface area contributed by atoms with E-state index in [0.29, 0.717) is 61.8 Å². The van der Waals surface area contributed by atoms with Gasteiger partial charge in [0.25, 0.3) is 5.56 Å². The highest BCUT2D eigenvalue weighted by Gasteiger charge is 2.34. The molecule has 7 rings (SSSR count). The van der Waals surface area contributed by atoms with Gasteiger partial charge in [-0.25, -0.2) is 4.68 Å². The molecule has 0 spiro atoms. The van der Waals surface area contributed by atoms with E-state index in [-0.39, 0.29) is 52.7 Å². The monoisotopic (exact) mass is 743 g/mol. The molecule has 17 heteroatoms. The number of aromatic hydroxyl groups is 1. The molecular weight excluding hydrogens is 703 g/mol. The van der Waals surface area contributed by atoms with E-state index in [1.165, 1.54) is 4.52 Å². The molecule has 3 aromatic heterocycles. The first kappa shape index (κ1) is 35.8. The molecule has 278 valence electrons. The molecule has 2 N–H and O–H groups in total. The number of halogens is 4. The van der Waals surface area contributed by atoms with Crippen LogP contribution in [0.5, 0.6) is 5.88 Å². The molecular formula is C35H41ClF3N9O4. The molecule has 1 saturated carbocycles. The number of ether oxygens (including phenoxy) is 1. The van der Waals surface area contributed by atoms with E-state index >= 15 is 0 Å². The fourth-order valence-corrected chi connectivity index (χ4v) is 7.61. The number of fused-ring (bicyclic) bond motifs is 1. The molecule has 2 atom stereocenters. The number of piperazine rings is 1. The predicted octanol–water partition coefficient (Wildman–Crippen LogP) is 5.69. The summed E-state index contributed by atoms with van der Waals surface area (Å²) >= 11 is 6.16. The van der Waals surface area contributed by atoms with Crippen LogP contribution in [-0.2, 0) is 28.7 Å². The van der Waals surface area contributed by atoms with E-state index in [1.807, 2.05) is 24.8 Å². The maximum atomic E-state index is 14.4. The highest BCUT2D eigenvalue weighted by molar-refractivity contribution is 6.33. The lowest BCUT2D eigenvalue weighted by molar-refractivity contribution is -0.137. The summed E-state index contributed by atoms with van der Waals surface area (Å²) in [6.45, 7) is 4.95. The van der Waals surface area contributed by atoms with Gasteiger partial charge in [0.15, 0.2) is 5.82 Å². The van der Waals surface area contributed by atoms with Crippen molar-refractivity contribution < 1.29 is 27.8 Å². The summed E-state index contributed by atoms with van der Waals surface area (Å²) in [5.74, 6) is 0.118. The summed E-state index contributed by atoms with van der Waals surface area (Å²) in [4.78, 5) is 36.9. The zero-order valence-corrected chi connectivity index (χ0v) is 29.9. The Kier molecular flexibility index (Phi) is 9.71. The van der Waals surface area contributed by atoms with E-state index < -0.39 is 17.6 Å². The molecule has 0 bridgehead atoms. The normalized spacial score (nSPS) is 19.9. The Balaban J connectivity index is 1.24. The van der Waals surface area contributed by atoms with Gasteiger partial charge in [-0.05, 0) is 75.6 Å². The number of alkyl halides is 3. The molecule has 0 radical (unpaired) electrons. The number of carbonyl (C=O) groups is 1. The molecule has 2 aliphatic carbocycles. The molecule has 13 nitrogen and oxygen atoms in total. The number of anilines is 3. The molecule has 4 heterocycles. The van der Waals surface area contributed by atoms with Crippen LogP contribution in [-0.4, -0.2) is 78.8 Å². The van der Waals surface area contributed by atoms with Gasteiger partial charge < -0.3 is 29.5 Å². The number of nitrogens with one attached hydrogen (secondary N) is 1. The minimum absolute atomic E-state index is 0.0195. The summed E-state index contributed by atoms with van der Waals surface area (Å²) in [5, 5.41) is 22.6. The number of carbonyl (C=O) groups excluding carboxylic acids is 1. The van der Waals surface area contributed by atoms with Crippen molar-refractivity contribution in [2.24, 2.45) is 0 Å². The largest absolute Gasteiger partial charge is 0.492 e. The average molecular weight is 744 g/mol. The SMILES string of the molecule is CCc1c(N2CCN(c3cnn(C4CCC4)c3O)[C@H](C)C2)c(=O)n2nc(C3=CCC(OC)CC3)nc2n1CC(=O)Nc1ccc(C(F)(F)F)cc1Cl. The minimum Gasteiger partial charge on any atom is -0.492 e. The average Bonchev–Trinajstić information content (AvgIpc) is 3.70. The number of allylic oxidation sites excluding steroid dienone is 1. The van der Waals surface area contributed by atoms with Gasteiger partial charge in [-0.2, -0.15) is 27.8 Å². The lowest BCUT2D eigenvalue weighted by Crippen LogP contribution is -2.54. The van der Waals surface area contributed by atoms with Crippen LogP contribution in [0.15, 0.2) is 35.3 Å². The van der Waals surface area contributed by atoms with E-state index in [2.05, 4.69) is 20.4 Å². The molecule has 4 aromatic rings. The highest BCUT2D eigenvalue weighted by Crippen LogP contribution is 2.39. The Morgan fingerprint density at radius 2 is 1.98 bits per heavy atom. The van der Waals surface area contributed by atoms with Crippen LogP contribution in [0, 0.1) is 0 Å². The van der Waals surface area contributed by atoms with Gasteiger partial charge in [0.05, 0.1) is 40.3 Å². The third kappa shape index (κ3) is 6.62. The van der Waals surface area contributed by atoms with Crippen molar-refractivity contribution in [1.82, 2.24) is 28.9 Å². The third-order valence-electron chi connectivity index (χ3n) is 10.4. The maximum Gasteiger partial charge on any atom is 0.416 e. The van der Waals surface area contributed by atoms with Crippen molar-refractivity contribution >= 4 is 45.9 Å². The Bertz CT molecular complexity index is 2090. The Labute approximate surface area is 302 Å². The number of methoxy groups -OCH3 is 1. The second kappa shape index (κ2) is 14.1. The molecule has 1 unspecified atom stereocenters. The lowest BCUT2D eigenvalue weighted by atomic mass is 9.93. The van der Waals surface area contributed by atoms with Gasteiger partial charge in [0.1, 0.15) is 17.9 Å². The number of rotatable bonds is 9. The Morgan fingerprint density at radius 1 is 1.19 bits per heavy atom. The zero-order valence-electron chi connectivity index (χ0n) is 29.2. The number of aromatic nitrogens is 6. The van der Waals surface area contributed by atoms with Gasteiger partial charge in [0, 0.05) is 32.8 Å². The van der Waals surface area contributed by atoms with Gasteiger partial charge in [-0.3, -0.25) is 9.59 Å². The molecule has 1 aromatic carbocycles. The number of benzene rings is 1. The quantitative estimate of drug-likeness (QED) is 0.222. The first-order chi connectivity index (χ1) is 24.9. The summed E-state index contributed by atoms with van der Waals surface area (Å²) in [5.41, 5.74) is 1.17. The third-order valence-corrected chi connectivity index (χ3v) is 10.8. The van der Waals surface area contributed by atoms with Crippen LogP contribution in [0.3, 0.4) is 0 Å². The second-order valence-electron chi connectivity index (χ2n) is 13.7. The van der Waals surface area contributed by atoms with Gasteiger partial charge in [0.2, 0.25) is 17.6 Å². The molecule has 52 heavy (non-hydrogen) atoms. The summed E-state index contributed by atoms with van der Waals surface area (Å²) in [7, 11) is 1.67. The van der Waals surface area contributed by atoms with Crippen LogP contribution in [0.4, 0.5) is 30.2 Å². The van der Waals surface area contributed by atoms with E-state index in [4.69, 9.17) is 21.3 Å². The topological polar surface area (TPSA) is 135 Å². The van der Waals surface area contributed by atoms with E-state index in [9.17, 15) is 27.9 Å². The zero-order chi connectivity index (χ0) is 36.9. The lowest BCUT2D eigenvalue weighted by Gasteiger charge is -2.42. The van der Waals surface area contributed by atoms with Gasteiger partial charge in [-0.1, -0.05) is 24.6 Å². The minimum atomic E-state index is -4.59. The number of hydrogen-bond acceptors (Lipinski definition) is 9. The van der Waals surface area contributed by atoms with Crippen molar-refractivity contribution in [3.8, 4) is 5.88 Å². The number of hydrogen-bond donors (Lipinski definition) is 2. The first-order valence-corrected chi connectivity index (χ1v) is 17.9. The summed E-state index contributed by atoms with van der Waals surface area (Å²) in [6.07, 6.45) is 4.71. The molecule has 1 aliphatic heterocycles. The molecule has 1 amide bonds. The standard InChI is InChI=1S/C35H41ClF3N9O4/c1-4-27-30(44-14-15-45(20(2)18-44)28-17-40-47(32(28)50)23-6-5-7-23)33(51)48-34(42-31(43-48)21-8-11-24(52-3)12-9-21)46(27)19-29(49)41-26-13-10-22(16-25(26)36)35(37,38)39/h8,10,13,16-17,20,23-24,50H,4-7,9,11-12,14-15,18-19H2,1-3H3,(H,41,49)/t20-,24?/m1/s1. The van der Waals surface area contributed by atoms with Crippen LogP contribution >= 0.6 is 11.6 Å². The fraction of sp³-hybridized carbons (Fsp3) is 0.514. The second-order valence-corrected chi connectivity index (χ2v) is 14.1. The Morgan fingerprint density at radius 3 is 2.60 bits per heavy atom. The van der Waals surface area contributed by atoms with Crippen LogP contribution in [0.1, 0.15) is 75.5 Å². The van der Waals surface area contributed by atoms with Crippen molar-refractivity contribution in [2.75, 3.05) is 41.9 Å². The van der Waals surface area contributed by atoms with Crippen LogP contribution < -0.4 is 20.7 Å². The smallest absolute Gasteiger partial charge is 0.416 e. The molecule has 3 aliphatic rings. The van der Waals surface area contributed by atoms with Crippen LogP contribution in [0.2, 0.25) is 5.02 Å². The Hall–Kier alpha value is -4.57. The molecule has 2 fully saturated rings. The van der Waals surface area contributed by atoms with E-state index in [0.717, 1.165) is 49.5 Å².